The highest BCUT2D eigenvalue weighted by Crippen LogP contribution is 2.40. The van der Waals surface area contributed by atoms with E-state index >= 15 is 0 Å². The molecular weight excluding hydrogens is 366 g/mol. The summed E-state index contributed by atoms with van der Waals surface area (Å²) in [5, 5.41) is 12.9. The number of aryl methyl sites for hydroxylation is 1. The molecule has 0 fully saturated rings. The zero-order valence-corrected chi connectivity index (χ0v) is 16.7. The Morgan fingerprint density at radius 3 is 2.33 bits per heavy atom. The van der Waals surface area contributed by atoms with Crippen LogP contribution in [-0.2, 0) is 27.2 Å². The fourth-order valence-corrected chi connectivity index (χ4v) is 5.28. The number of hydrogen-bond acceptors (Lipinski definition) is 5. The maximum absolute atomic E-state index is 13.0. The number of carbonyl (C=O) groups excluding carboxylic acids is 2. The third-order valence-corrected chi connectivity index (χ3v) is 6.93. The SMILES string of the molecule is COC(=O)c1c(NC(=O)[C@@H]2CC(C)=C(C)C[C@H]2C(=O)O)sc2c1CCCC2. The number of anilines is 1. The molecule has 0 unspecified atom stereocenters. The average Bonchev–Trinajstić information content (AvgIpc) is 3.00. The standard InChI is InChI=1S/C20H25NO5S/c1-10-8-13(14(19(23)24)9-11(10)2)17(22)21-18-16(20(25)26-3)12-6-4-5-7-15(12)27-18/h13-14H,4-9H2,1-3H3,(H,21,22)(H,23,24)/t13-,14-/m1/s1. The van der Waals surface area contributed by atoms with Crippen LogP contribution in [0.3, 0.4) is 0 Å². The topological polar surface area (TPSA) is 92.7 Å². The summed E-state index contributed by atoms with van der Waals surface area (Å²) in [6.45, 7) is 3.86. The average molecular weight is 391 g/mol. The number of carboxylic acid groups (broad SMARTS) is 1. The van der Waals surface area contributed by atoms with Crippen LogP contribution in [0.1, 0.15) is 60.3 Å². The summed E-state index contributed by atoms with van der Waals surface area (Å²) >= 11 is 1.42. The fraction of sp³-hybridized carbons (Fsp3) is 0.550. The van der Waals surface area contributed by atoms with Gasteiger partial charge in [-0.2, -0.15) is 0 Å². The van der Waals surface area contributed by atoms with E-state index in [0.29, 0.717) is 23.4 Å². The quantitative estimate of drug-likeness (QED) is 0.602. The van der Waals surface area contributed by atoms with Crippen molar-refractivity contribution in [1.29, 1.82) is 0 Å². The molecule has 2 atom stereocenters. The normalized spacial score (nSPS) is 22.2. The molecule has 0 saturated heterocycles. The lowest BCUT2D eigenvalue weighted by atomic mass is 9.76. The van der Waals surface area contributed by atoms with E-state index in [9.17, 15) is 19.5 Å². The maximum Gasteiger partial charge on any atom is 0.341 e. The highest BCUT2D eigenvalue weighted by Gasteiger charge is 2.38. The Morgan fingerprint density at radius 2 is 1.70 bits per heavy atom. The Morgan fingerprint density at radius 1 is 1.07 bits per heavy atom. The third kappa shape index (κ3) is 3.78. The molecule has 1 aromatic rings. The molecule has 0 aliphatic heterocycles. The van der Waals surface area contributed by atoms with Gasteiger partial charge in [-0.1, -0.05) is 11.1 Å². The van der Waals surface area contributed by atoms with Crippen molar-refractivity contribution < 1.29 is 24.2 Å². The first kappa shape index (κ1) is 19.6. The number of rotatable bonds is 4. The van der Waals surface area contributed by atoms with E-state index in [2.05, 4.69) is 5.32 Å². The predicted molar refractivity (Wildman–Crippen MR) is 103 cm³/mol. The van der Waals surface area contributed by atoms with Gasteiger partial charge < -0.3 is 15.2 Å². The van der Waals surface area contributed by atoms with Gasteiger partial charge >= 0.3 is 11.9 Å². The van der Waals surface area contributed by atoms with E-state index in [4.69, 9.17) is 4.74 Å². The van der Waals surface area contributed by atoms with Gasteiger partial charge in [-0.3, -0.25) is 9.59 Å². The minimum atomic E-state index is -0.958. The number of hydrogen-bond donors (Lipinski definition) is 2. The van der Waals surface area contributed by atoms with Gasteiger partial charge in [-0.15, -0.1) is 11.3 Å². The monoisotopic (exact) mass is 391 g/mol. The number of aliphatic carboxylic acids is 1. The van der Waals surface area contributed by atoms with Crippen LogP contribution < -0.4 is 5.32 Å². The third-order valence-electron chi connectivity index (χ3n) is 5.72. The summed E-state index contributed by atoms with van der Waals surface area (Å²) in [7, 11) is 1.33. The first-order chi connectivity index (χ1) is 12.8. The van der Waals surface area contributed by atoms with Crippen LogP contribution in [0.5, 0.6) is 0 Å². The van der Waals surface area contributed by atoms with E-state index in [1.165, 1.54) is 18.4 Å². The van der Waals surface area contributed by atoms with Crippen LogP contribution in [0.25, 0.3) is 0 Å². The van der Waals surface area contributed by atoms with Crippen molar-refractivity contribution in [2.45, 2.75) is 52.4 Å². The van der Waals surface area contributed by atoms with E-state index in [0.717, 1.165) is 47.3 Å². The van der Waals surface area contributed by atoms with Crippen molar-refractivity contribution in [2.24, 2.45) is 11.8 Å². The van der Waals surface area contributed by atoms with Gasteiger partial charge in [0.2, 0.25) is 5.91 Å². The van der Waals surface area contributed by atoms with Crippen molar-refractivity contribution in [1.82, 2.24) is 0 Å². The van der Waals surface area contributed by atoms with Gasteiger partial charge in [0.05, 0.1) is 24.5 Å². The number of carboxylic acids is 1. The van der Waals surface area contributed by atoms with E-state index in [1.807, 2.05) is 13.8 Å². The fourth-order valence-electron chi connectivity index (χ4n) is 4.00. The molecule has 1 aromatic heterocycles. The van der Waals surface area contributed by atoms with Gasteiger partial charge in [0.15, 0.2) is 0 Å². The van der Waals surface area contributed by atoms with Gasteiger partial charge in [0, 0.05) is 4.88 Å². The smallest absolute Gasteiger partial charge is 0.341 e. The first-order valence-electron chi connectivity index (χ1n) is 9.25. The zero-order chi connectivity index (χ0) is 19.7. The summed E-state index contributed by atoms with van der Waals surface area (Å²) in [5.41, 5.74) is 3.51. The summed E-state index contributed by atoms with van der Waals surface area (Å²) in [5.74, 6) is -3.13. The second kappa shape index (κ2) is 7.84. The second-order valence-electron chi connectivity index (χ2n) is 7.42. The molecule has 0 aromatic carbocycles. The first-order valence-corrected chi connectivity index (χ1v) is 10.1. The number of amides is 1. The molecule has 2 N–H and O–H groups in total. The molecule has 1 heterocycles. The van der Waals surface area contributed by atoms with E-state index < -0.39 is 23.8 Å². The lowest BCUT2D eigenvalue weighted by Gasteiger charge is -2.29. The molecule has 6 nitrogen and oxygen atoms in total. The lowest BCUT2D eigenvalue weighted by molar-refractivity contribution is -0.146. The van der Waals surface area contributed by atoms with Crippen LogP contribution >= 0.6 is 11.3 Å². The van der Waals surface area contributed by atoms with Gasteiger partial charge in [-0.05, 0) is 57.9 Å². The molecule has 7 heteroatoms. The van der Waals surface area contributed by atoms with Crippen molar-refractivity contribution in [3.05, 3.63) is 27.2 Å². The Kier molecular flexibility index (Phi) is 5.69. The number of thiophene rings is 1. The number of carbonyl (C=O) groups is 3. The molecule has 0 spiro atoms. The molecule has 0 bridgehead atoms. The summed E-state index contributed by atoms with van der Waals surface area (Å²) in [6.07, 6.45) is 4.57. The Balaban J connectivity index is 1.90. The largest absolute Gasteiger partial charge is 0.481 e. The van der Waals surface area contributed by atoms with E-state index in [-0.39, 0.29) is 5.91 Å². The van der Waals surface area contributed by atoms with Crippen LogP contribution in [-0.4, -0.2) is 30.1 Å². The molecule has 1 amide bonds. The zero-order valence-electron chi connectivity index (χ0n) is 15.9. The Hall–Kier alpha value is -2.15. The number of esters is 1. The highest BCUT2D eigenvalue weighted by molar-refractivity contribution is 7.17. The maximum atomic E-state index is 13.0. The van der Waals surface area contributed by atoms with Gasteiger partial charge in [0.1, 0.15) is 5.00 Å². The molecule has 146 valence electrons. The molecule has 2 aliphatic rings. The Bertz CT molecular complexity index is 823. The minimum absolute atomic E-state index is 0.335. The number of nitrogens with one attached hydrogen (secondary N) is 1. The molecule has 2 aliphatic carbocycles. The summed E-state index contributed by atoms with van der Waals surface area (Å²) < 4.78 is 4.93. The minimum Gasteiger partial charge on any atom is -0.481 e. The number of fused-ring (bicyclic) bond motifs is 1. The number of ether oxygens (including phenoxy) is 1. The lowest BCUT2D eigenvalue weighted by Crippen LogP contribution is -2.36. The van der Waals surface area contributed by atoms with Crippen LogP contribution in [0.2, 0.25) is 0 Å². The number of allylic oxidation sites excluding steroid dienone is 2. The van der Waals surface area contributed by atoms with E-state index in [1.54, 1.807) is 0 Å². The molecule has 27 heavy (non-hydrogen) atoms. The van der Waals surface area contributed by atoms with Crippen molar-refractivity contribution >= 4 is 34.2 Å². The van der Waals surface area contributed by atoms with Crippen LogP contribution in [0.15, 0.2) is 11.1 Å². The highest BCUT2D eigenvalue weighted by atomic mass is 32.1. The molecule has 0 radical (unpaired) electrons. The molecule has 0 saturated carbocycles. The molecular formula is C20H25NO5S. The molecule has 3 rings (SSSR count). The van der Waals surface area contributed by atoms with Gasteiger partial charge in [0.25, 0.3) is 0 Å². The number of methoxy groups -OCH3 is 1. The Labute approximate surface area is 162 Å². The predicted octanol–water partition coefficient (Wildman–Crippen LogP) is 3.80. The van der Waals surface area contributed by atoms with Crippen molar-refractivity contribution in [3.63, 3.8) is 0 Å². The van der Waals surface area contributed by atoms with Crippen LogP contribution in [0.4, 0.5) is 5.00 Å². The van der Waals surface area contributed by atoms with Crippen LogP contribution in [0, 0.1) is 11.8 Å². The van der Waals surface area contributed by atoms with Crippen molar-refractivity contribution in [2.75, 3.05) is 12.4 Å². The second-order valence-corrected chi connectivity index (χ2v) is 8.52. The van der Waals surface area contributed by atoms with Crippen molar-refractivity contribution in [3.8, 4) is 0 Å². The summed E-state index contributed by atoms with van der Waals surface area (Å²) in [6, 6.07) is 0. The van der Waals surface area contributed by atoms with Gasteiger partial charge in [-0.25, -0.2) is 4.79 Å². The summed E-state index contributed by atoms with van der Waals surface area (Å²) in [4.78, 5) is 38.1.